The Morgan fingerprint density at radius 1 is 1.47 bits per heavy atom. The number of carboxylic acid groups (broad SMARTS) is 1. The van der Waals surface area contributed by atoms with Crippen molar-refractivity contribution in [2.75, 3.05) is 26.2 Å². The molecule has 0 aromatic heterocycles. The van der Waals surface area contributed by atoms with Gasteiger partial charge >= 0.3 is 5.97 Å². The first-order valence-corrected chi connectivity index (χ1v) is 6.54. The summed E-state index contributed by atoms with van der Waals surface area (Å²) in [5.74, 6) is -0.900. The van der Waals surface area contributed by atoms with Crippen molar-refractivity contribution in [1.29, 1.82) is 0 Å². The Morgan fingerprint density at radius 2 is 2.24 bits per heavy atom. The standard InChI is InChI=1S/C12H23N3O2/c1-9-6-14-5-3-2-4-10(14)7-15(9)8-11(13)12(16)17/h9-11H,2-8,13H2,1H3,(H,16,17). The van der Waals surface area contributed by atoms with Crippen molar-refractivity contribution in [3.05, 3.63) is 0 Å². The average Bonchev–Trinajstić information content (AvgIpc) is 2.29. The zero-order chi connectivity index (χ0) is 12.4. The SMILES string of the molecule is CC1CN2CCCCC2CN1CC(N)C(=O)O. The monoisotopic (exact) mass is 241 g/mol. The number of nitrogens with two attached hydrogens (primary N) is 1. The van der Waals surface area contributed by atoms with Gasteiger partial charge in [0.15, 0.2) is 0 Å². The fraction of sp³-hybridized carbons (Fsp3) is 0.917. The predicted octanol–water partition coefficient (Wildman–Crippen LogP) is -0.0431. The molecule has 5 nitrogen and oxygen atoms in total. The first kappa shape index (κ1) is 12.8. The van der Waals surface area contributed by atoms with E-state index in [-0.39, 0.29) is 0 Å². The fourth-order valence-electron chi connectivity index (χ4n) is 3.00. The number of hydrogen-bond acceptors (Lipinski definition) is 4. The highest BCUT2D eigenvalue weighted by molar-refractivity contribution is 5.73. The van der Waals surface area contributed by atoms with Crippen LogP contribution in [0.4, 0.5) is 0 Å². The molecule has 2 aliphatic rings. The second kappa shape index (κ2) is 5.33. The third kappa shape index (κ3) is 2.97. The smallest absolute Gasteiger partial charge is 0.321 e. The van der Waals surface area contributed by atoms with E-state index < -0.39 is 12.0 Å². The number of nitrogens with zero attached hydrogens (tertiary/aromatic N) is 2. The Morgan fingerprint density at radius 3 is 2.94 bits per heavy atom. The second-order valence-corrected chi connectivity index (χ2v) is 5.39. The molecule has 98 valence electrons. The van der Waals surface area contributed by atoms with E-state index in [0.29, 0.717) is 18.6 Å². The van der Waals surface area contributed by atoms with Crippen molar-refractivity contribution >= 4 is 5.97 Å². The third-order valence-corrected chi connectivity index (χ3v) is 4.06. The van der Waals surface area contributed by atoms with E-state index in [0.717, 1.165) is 13.1 Å². The van der Waals surface area contributed by atoms with Crippen LogP contribution >= 0.6 is 0 Å². The molecule has 0 aromatic carbocycles. The number of piperidine rings is 1. The van der Waals surface area contributed by atoms with E-state index in [4.69, 9.17) is 10.8 Å². The van der Waals surface area contributed by atoms with Gasteiger partial charge in [0.25, 0.3) is 0 Å². The van der Waals surface area contributed by atoms with Gasteiger partial charge in [0, 0.05) is 31.7 Å². The van der Waals surface area contributed by atoms with Gasteiger partial charge in [-0.05, 0) is 26.3 Å². The number of rotatable bonds is 3. The van der Waals surface area contributed by atoms with Gasteiger partial charge in [-0.25, -0.2) is 0 Å². The van der Waals surface area contributed by atoms with Crippen LogP contribution in [0.5, 0.6) is 0 Å². The fourth-order valence-corrected chi connectivity index (χ4v) is 3.00. The van der Waals surface area contributed by atoms with Crippen LogP contribution in [-0.4, -0.2) is 65.2 Å². The molecule has 0 spiro atoms. The van der Waals surface area contributed by atoms with Gasteiger partial charge in [0.05, 0.1) is 0 Å². The average molecular weight is 241 g/mol. The Bertz CT molecular complexity index is 285. The normalized spacial score (nSPS) is 33.1. The molecule has 2 aliphatic heterocycles. The van der Waals surface area contributed by atoms with Crippen molar-refractivity contribution in [2.24, 2.45) is 5.73 Å². The summed E-state index contributed by atoms with van der Waals surface area (Å²) < 4.78 is 0. The van der Waals surface area contributed by atoms with E-state index in [9.17, 15) is 4.79 Å². The largest absolute Gasteiger partial charge is 0.480 e. The third-order valence-electron chi connectivity index (χ3n) is 4.06. The summed E-state index contributed by atoms with van der Waals surface area (Å²) in [7, 11) is 0. The van der Waals surface area contributed by atoms with Gasteiger partial charge in [0.2, 0.25) is 0 Å². The number of hydrogen-bond donors (Lipinski definition) is 2. The highest BCUT2D eigenvalue weighted by Gasteiger charge is 2.34. The molecule has 0 radical (unpaired) electrons. The predicted molar refractivity (Wildman–Crippen MR) is 65.9 cm³/mol. The van der Waals surface area contributed by atoms with Crippen molar-refractivity contribution in [3.63, 3.8) is 0 Å². The van der Waals surface area contributed by atoms with Crippen LogP contribution in [-0.2, 0) is 4.79 Å². The number of aliphatic carboxylic acids is 1. The van der Waals surface area contributed by atoms with Crippen molar-refractivity contribution in [3.8, 4) is 0 Å². The minimum atomic E-state index is -0.900. The Hall–Kier alpha value is -0.650. The highest BCUT2D eigenvalue weighted by atomic mass is 16.4. The Kier molecular flexibility index (Phi) is 4.01. The molecule has 0 saturated carbocycles. The number of carbonyl (C=O) groups is 1. The van der Waals surface area contributed by atoms with E-state index in [1.807, 2.05) is 0 Å². The summed E-state index contributed by atoms with van der Waals surface area (Å²) >= 11 is 0. The van der Waals surface area contributed by atoms with Gasteiger partial charge in [-0.2, -0.15) is 0 Å². The lowest BCUT2D eigenvalue weighted by atomic mass is 9.97. The molecule has 2 saturated heterocycles. The first-order chi connectivity index (χ1) is 8.08. The molecule has 0 amide bonds. The molecule has 0 aliphatic carbocycles. The maximum Gasteiger partial charge on any atom is 0.321 e. The molecule has 0 bridgehead atoms. The molecule has 2 rings (SSSR count). The minimum absolute atomic E-state index is 0.412. The van der Waals surface area contributed by atoms with Crippen molar-refractivity contribution < 1.29 is 9.90 Å². The number of piperazine rings is 1. The molecule has 3 N–H and O–H groups in total. The van der Waals surface area contributed by atoms with Crippen LogP contribution < -0.4 is 5.73 Å². The Balaban J connectivity index is 1.92. The van der Waals surface area contributed by atoms with E-state index in [1.165, 1.54) is 25.8 Å². The van der Waals surface area contributed by atoms with E-state index in [1.54, 1.807) is 0 Å². The van der Waals surface area contributed by atoms with E-state index >= 15 is 0 Å². The van der Waals surface area contributed by atoms with Gasteiger partial charge in [-0.3, -0.25) is 14.6 Å². The summed E-state index contributed by atoms with van der Waals surface area (Å²) in [6.45, 7) is 5.87. The lowest BCUT2D eigenvalue weighted by Crippen LogP contribution is -2.60. The van der Waals surface area contributed by atoms with Crippen LogP contribution in [0.1, 0.15) is 26.2 Å². The van der Waals surface area contributed by atoms with Crippen LogP contribution in [0, 0.1) is 0 Å². The van der Waals surface area contributed by atoms with Gasteiger partial charge in [-0.15, -0.1) is 0 Å². The molecule has 2 fully saturated rings. The molecule has 3 atom stereocenters. The molecule has 0 aromatic rings. The number of fused-ring (bicyclic) bond motifs is 1. The summed E-state index contributed by atoms with van der Waals surface area (Å²) in [6.07, 6.45) is 3.85. The number of carboxylic acids is 1. The van der Waals surface area contributed by atoms with Gasteiger partial charge in [-0.1, -0.05) is 6.42 Å². The van der Waals surface area contributed by atoms with E-state index in [2.05, 4.69) is 16.7 Å². The summed E-state index contributed by atoms with van der Waals surface area (Å²) in [4.78, 5) is 15.6. The molecule has 3 unspecified atom stereocenters. The lowest BCUT2D eigenvalue weighted by Gasteiger charge is -2.47. The first-order valence-electron chi connectivity index (χ1n) is 6.54. The molecular formula is C12H23N3O2. The summed E-state index contributed by atoms with van der Waals surface area (Å²) in [5.41, 5.74) is 5.62. The molecule has 5 heteroatoms. The second-order valence-electron chi connectivity index (χ2n) is 5.39. The maximum atomic E-state index is 10.8. The van der Waals surface area contributed by atoms with Crippen LogP contribution in [0.25, 0.3) is 0 Å². The highest BCUT2D eigenvalue weighted by Crippen LogP contribution is 2.23. The van der Waals surface area contributed by atoms with Crippen LogP contribution in [0.2, 0.25) is 0 Å². The van der Waals surface area contributed by atoms with Crippen LogP contribution in [0.3, 0.4) is 0 Å². The van der Waals surface area contributed by atoms with Crippen LogP contribution in [0.15, 0.2) is 0 Å². The van der Waals surface area contributed by atoms with Gasteiger partial charge < -0.3 is 10.8 Å². The summed E-state index contributed by atoms with van der Waals surface area (Å²) in [6, 6.07) is 0.267. The topological polar surface area (TPSA) is 69.8 Å². The van der Waals surface area contributed by atoms with Crippen molar-refractivity contribution in [2.45, 2.75) is 44.3 Å². The zero-order valence-electron chi connectivity index (χ0n) is 10.5. The zero-order valence-corrected chi connectivity index (χ0v) is 10.5. The molecular weight excluding hydrogens is 218 g/mol. The molecule has 2 heterocycles. The summed E-state index contributed by atoms with van der Waals surface area (Å²) in [5, 5.41) is 8.87. The molecule has 17 heavy (non-hydrogen) atoms. The van der Waals surface area contributed by atoms with Gasteiger partial charge in [0.1, 0.15) is 6.04 Å². The quantitative estimate of drug-likeness (QED) is 0.725. The maximum absolute atomic E-state index is 10.8. The lowest BCUT2D eigenvalue weighted by molar-refractivity contribution is -0.139. The Labute approximate surface area is 103 Å². The van der Waals surface area contributed by atoms with Crippen molar-refractivity contribution in [1.82, 2.24) is 9.80 Å². The minimum Gasteiger partial charge on any atom is -0.480 e.